The summed E-state index contributed by atoms with van der Waals surface area (Å²) in [6, 6.07) is 3.16. The lowest BCUT2D eigenvalue weighted by atomic mass is 9.99. The van der Waals surface area contributed by atoms with E-state index in [9.17, 15) is 4.39 Å². The molecule has 84 valence electrons. The minimum absolute atomic E-state index is 0.0767. The number of ether oxygens (including phenoxy) is 1. The SMILES string of the molecule is COc1cc(CON)cc(F)c1C(C)C. The van der Waals surface area contributed by atoms with Crippen molar-refractivity contribution in [1.82, 2.24) is 0 Å². The van der Waals surface area contributed by atoms with Gasteiger partial charge < -0.3 is 4.74 Å². The quantitative estimate of drug-likeness (QED) is 0.781. The lowest BCUT2D eigenvalue weighted by Crippen LogP contribution is -2.03. The third kappa shape index (κ3) is 2.67. The van der Waals surface area contributed by atoms with Crippen LogP contribution in [0.1, 0.15) is 30.9 Å². The molecule has 0 saturated heterocycles. The first-order chi connectivity index (χ1) is 7.10. The van der Waals surface area contributed by atoms with Crippen molar-refractivity contribution in [2.24, 2.45) is 5.90 Å². The molecule has 0 fully saturated rings. The summed E-state index contributed by atoms with van der Waals surface area (Å²) in [6.45, 7) is 4.01. The molecule has 0 amide bonds. The van der Waals surface area contributed by atoms with Crippen molar-refractivity contribution in [3.63, 3.8) is 0 Å². The van der Waals surface area contributed by atoms with E-state index >= 15 is 0 Å². The van der Waals surface area contributed by atoms with Crippen molar-refractivity contribution < 1.29 is 14.0 Å². The third-order valence-electron chi connectivity index (χ3n) is 2.20. The zero-order valence-corrected chi connectivity index (χ0v) is 9.21. The molecular formula is C11H16FNO2. The summed E-state index contributed by atoms with van der Waals surface area (Å²) in [5.74, 6) is 5.27. The molecule has 0 radical (unpaired) electrons. The van der Waals surface area contributed by atoms with E-state index in [1.54, 1.807) is 6.07 Å². The largest absolute Gasteiger partial charge is 0.496 e. The van der Waals surface area contributed by atoms with Crippen molar-refractivity contribution in [3.8, 4) is 5.75 Å². The van der Waals surface area contributed by atoms with Gasteiger partial charge in [0.2, 0.25) is 0 Å². The van der Waals surface area contributed by atoms with Gasteiger partial charge in [0.05, 0.1) is 13.7 Å². The second-order valence-electron chi connectivity index (χ2n) is 3.66. The molecule has 0 unspecified atom stereocenters. The summed E-state index contributed by atoms with van der Waals surface area (Å²) in [6.07, 6.45) is 0. The van der Waals surface area contributed by atoms with E-state index < -0.39 is 0 Å². The summed E-state index contributed by atoms with van der Waals surface area (Å²) < 4.78 is 18.8. The maximum atomic E-state index is 13.7. The van der Waals surface area contributed by atoms with E-state index in [2.05, 4.69) is 4.84 Å². The molecular weight excluding hydrogens is 197 g/mol. The fraction of sp³-hybridized carbons (Fsp3) is 0.455. The molecule has 0 bridgehead atoms. The monoisotopic (exact) mass is 213 g/mol. The third-order valence-corrected chi connectivity index (χ3v) is 2.20. The Bertz CT molecular complexity index is 340. The van der Waals surface area contributed by atoms with Crippen LogP contribution in [0.15, 0.2) is 12.1 Å². The highest BCUT2D eigenvalue weighted by Gasteiger charge is 2.14. The second kappa shape index (κ2) is 5.09. The zero-order valence-electron chi connectivity index (χ0n) is 9.21. The van der Waals surface area contributed by atoms with Gasteiger partial charge in [-0.05, 0) is 23.6 Å². The molecule has 1 aromatic carbocycles. The van der Waals surface area contributed by atoms with Crippen LogP contribution in [0.4, 0.5) is 4.39 Å². The van der Waals surface area contributed by atoms with Crippen molar-refractivity contribution in [2.45, 2.75) is 26.4 Å². The van der Waals surface area contributed by atoms with E-state index in [0.717, 1.165) is 0 Å². The molecule has 0 saturated carbocycles. The molecule has 1 aromatic rings. The van der Waals surface area contributed by atoms with Crippen molar-refractivity contribution >= 4 is 0 Å². The first-order valence-corrected chi connectivity index (χ1v) is 4.78. The maximum absolute atomic E-state index is 13.7. The van der Waals surface area contributed by atoms with Gasteiger partial charge in [0.25, 0.3) is 0 Å². The fourth-order valence-corrected chi connectivity index (χ4v) is 1.55. The molecule has 15 heavy (non-hydrogen) atoms. The lowest BCUT2D eigenvalue weighted by Gasteiger charge is -2.14. The van der Waals surface area contributed by atoms with Crippen LogP contribution in [0, 0.1) is 5.82 Å². The zero-order chi connectivity index (χ0) is 11.4. The van der Waals surface area contributed by atoms with Crippen molar-refractivity contribution in [2.75, 3.05) is 7.11 Å². The number of halogens is 1. The van der Waals surface area contributed by atoms with E-state index in [-0.39, 0.29) is 18.3 Å². The van der Waals surface area contributed by atoms with E-state index in [1.807, 2.05) is 13.8 Å². The van der Waals surface area contributed by atoms with Crippen LogP contribution < -0.4 is 10.6 Å². The van der Waals surface area contributed by atoms with E-state index in [1.165, 1.54) is 13.2 Å². The summed E-state index contributed by atoms with van der Waals surface area (Å²) in [5, 5.41) is 0. The molecule has 0 spiro atoms. The fourth-order valence-electron chi connectivity index (χ4n) is 1.55. The van der Waals surface area contributed by atoms with Crippen LogP contribution >= 0.6 is 0 Å². The molecule has 2 N–H and O–H groups in total. The van der Waals surface area contributed by atoms with Crippen molar-refractivity contribution in [3.05, 3.63) is 29.1 Å². The first-order valence-electron chi connectivity index (χ1n) is 4.78. The minimum atomic E-state index is -0.281. The Balaban J connectivity index is 3.18. The predicted octanol–water partition coefficient (Wildman–Crippen LogP) is 2.35. The van der Waals surface area contributed by atoms with E-state index in [4.69, 9.17) is 10.6 Å². The van der Waals surface area contributed by atoms with Crippen molar-refractivity contribution in [1.29, 1.82) is 0 Å². The Hall–Kier alpha value is -1.13. The van der Waals surface area contributed by atoms with Gasteiger partial charge in [-0.25, -0.2) is 10.3 Å². The van der Waals surface area contributed by atoms with Crippen LogP contribution in [0.25, 0.3) is 0 Å². The van der Waals surface area contributed by atoms with Crippen LogP contribution in [0.2, 0.25) is 0 Å². The van der Waals surface area contributed by atoms with Crippen LogP contribution in [0.5, 0.6) is 5.75 Å². The molecule has 0 aliphatic heterocycles. The summed E-state index contributed by atoms with van der Waals surface area (Å²) in [4.78, 5) is 4.46. The minimum Gasteiger partial charge on any atom is -0.496 e. The van der Waals surface area contributed by atoms with Gasteiger partial charge in [0.15, 0.2) is 0 Å². The Morgan fingerprint density at radius 3 is 2.53 bits per heavy atom. The highest BCUT2D eigenvalue weighted by atomic mass is 19.1. The van der Waals surface area contributed by atoms with Gasteiger partial charge in [-0.3, -0.25) is 4.84 Å². The highest BCUT2D eigenvalue weighted by Crippen LogP contribution is 2.30. The standard InChI is InChI=1S/C11H16FNO2/c1-7(2)11-9(12)4-8(6-15-13)5-10(11)14-3/h4-5,7H,6,13H2,1-3H3. The maximum Gasteiger partial charge on any atom is 0.130 e. The average molecular weight is 213 g/mol. The first kappa shape index (κ1) is 11.9. The molecule has 3 nitrogen and oxygen atoms in total. The summed E-state index contributed by atoms with van der Waals surface area (Å²) >= 11 is 0. The molecule has 0 aromatic heterocycles. The number of hydrogen-bond acceptors (Lipinski definition) is 3. The molecule has 4 heteroatoms. The number of nitrogens with two attached hydrogens (primary N) is 1. The number of hydrogen-bond donors (Lipinski definition) is 1. The molecule has 0 aliphatic rings. The molecule has 0 atom stereocenters. The highest BCUT2D eigenvalue weighted by molar-refractivity contribution is 5.40. The number of benzene rings is 1. The Morgan fingerprint density at radius 1 is 1.40 bits per heavy atom. The Labute approximate surface area is 88.9 Å². The molecule has 0 aliphatic carbocycles. The summed E-state index contributed by atoms with van der Waals surface area (Å²) in [7, 11) is 1.52. The van der Waals surface area contributed by atoms with Crippen LogP contribution in [-0.4, -0.2) is 7.11 Å². The second-order valence-corrected chi connectivity index (χ2v) is 3.66. The average Bonchev–Trinajstić information content (AvgIpc) is 2.16. The van der Waals surface area contributed by atoms with Gasteiger partial charge in [0.1, 0.15) is 11.6 Å². The topological polar surface area (TPSA) is 44.5 Å². The lowest BCUT2D eigenvalue weighted by molar-refractivity contribution is 0.123. The Kier molecular flexibility index (Phi) is 4.05. The van der Waals surface area contributed by atoms with Gasteiger partial charge in [-0.15, -0.1) is 0 Å². The predicted molar refractivity (Wildman–Crippen MR) is 56.0 cm³/mol. The van der Waals surface area contributed by atoms with Crippen LogP contribution in [0.3, 0.4) is 0 Å². The normalized spacial score (nSPS) is 10.8. The molecule has 0 heterocycles. The number of methoxy groups -OCH3 is 1. The van der Waals surface area contributed by atoms with Gasteiger partial charge in [-0.1, -0.05) is 13.8 Å². The van der Waals surface area contributed by atoms with E-state index in [0.29, 0.717) is 16.9 Å². The van der Waals surface area contributed by atoms with Crippen LogP contribution in [-0.2, 0) is 11.4 Å². The Morgan fingerprint density at radius 2 is 2.07 bits per heavy atom. The summed E-state index contributed by atoms with van der Waals surface area (Å²) in [5.41, 5.74) is 1.24. The van der Waals surface area contributed by atoms with Gasteiger partial charge in [0, 0.05) is 5.56 Å². The molecule has 1 rings (SSSR count). The van der Waals surface area contributed by atoms with Gasteiger partial charge >= 0.3 is 0 Å². The van der Waals surface area contributed by atoms with Gasteiger partial charge in [-0.2, -0.15) is 0 Å². The smallest absolute Gasteiger partial charge is 0.130 e. The number of rotatable bonds is 4.